The topological polar surface area (TPSA) is 38.9 Å². The van der Waals surface area contributed by atoms with Gasteiger partial charge < -0.3 is 5.73 Å². The highest BCUT2D eigenvalue weighted by molar-refractivity contribution is 9.10. The number of anilines is 1. The summed E-state index contributed by atoms with van der Waals surface area (Å²) in [5.74, 6) is 0. The smallest absolute Gasteiger partial charge is 0.398 e. The van der Waals surface area contributed by atoms with Crippen molar-refractivity contribution in [3.8, 4) is 0 Å². The van der Waals surface area contributed by atoms with Crippen LogP contribution < -0.4 is 5.73 Å². The molecule has 0 radical (unpaired) electrons. The minimum Gasteiger partial charge on any atom is -0.398 e. The second-order valence-corrected chi connectivity index (χ2v) is 4.08. The number of para-hydroxylation sites is 1. The van der Waals surface area contributed by atoms with E-state index in [1.165, 1.54) is 0 Å². The number of fused-ring (bicyclic) bond motifs is 1. The number of halogens is 4. The number of aromatic nitrogens is 1. The molecule has 2 nitrogen and oxygen atoms in total. The third-order valence-corrected chi connectivity index (χ3v) is 2.75. The lowest BCUT2D eigenvalue weighted by molar-refractivity contribution is -0.140. The van der Waals surface area contributed by atoms with Crippen LogP contribution in [0.3, 0.4) is 0 Å². The summed E-state index contributed by atoms with van der Waals surface area (Å²) in [4.78, 5) is 3.55. The van der Waals surface area contributed by atoms with E-state index in [2.05, 4.69) is 20.9 Å². The zero-order chi connectivity index (χ0) is 11.9. The normalized spacial score (nSPS) is 12.0. The first kappa shape index (κ1) is 11.2. The molecule has 0 saturated carbocycles. The lowest BCUT2D eigenvalue weighted by atomic mass is 10.1. The zero-order valence-electron chi connectivity index (χ0n) is 7.85. The molecule has 0 aliphatic rings. The van der Waals surface area contributed by atoms with E-state index in [1.54, 1.807) is 18.2 Å². The van der Waals surface area contributed by atoms with Crippen molar-refractivity contribution in [2.45, 2.75) is 6.18 Å². The third-order valence-electron chi connectivity index (χ3n) is 2.11. The number of pyridine rings is 1. The zero-order valence-corrected chi connectivity index (χ0v) is 9.43. The molecule has 1 aromatic heterocycles. The molecule has 0 aliphatic heterocycles. The van der Waals surface area contributed by atoms with Crippen molar-refractivity contribution in [3.05, 3.63) is 34.4 Å². The summed E-state index contributed by atoms with van der Waals surface area (Å²) in [5.41, 5.74) is 4.87. The van der Waals surface area contributed by atoms with Gasteiger partial charge in [0.25, 0.3) is 0 Å². The fraction of sp³-hybridized carbons (Fsp3) is 0.100. The predicted molar refractivity (Wildman–Crippen MR) is 58.9 cm³/mol. The van der Waals surface area contributed by atoms with Gasteiger partial charge in [-0.3, -0.25) is 0 Å². The first-order valence-corrected chi connectivity index (χ1v) is 5.11. The van der Waals surface area contributed by atoms with Crippen molar-refractivity contribution in [2.24, 2.45) is 0 Å². The molecule has 0 atom stereocenters. The molecule has 0 fully saturated rings. The number of alkyl halides is 3. The van der Waals surface area contributed by atoms with Crippen molar-refractivity contribution in [2.75, 3.05) is 5.73 Å². The van der Waals surface area contributed by atoms with Gasteiger partial charge in [0.05, 0.1) is 5.52 Å². The molecule has 1 heterocycles. The highest BCUT2D eigenvalue weighted by Gasteiger charge is 2.33. The molecule has 0 bridgehead atoms. The van der Waals surface area contributed by atoms with Crippen molar-refractivity contribution < 1.29 is 13.2 Å². The first-order chi connectivity index (χ1) is 7.39. The third kappa shape index (κ3) is 1.84. The van der Waals surface area contributed by atoms with Gasteiger partial charge in [-0.25, -0.2) is 4.98 Å². The van der Waals surface area contributed by atoms with Gasteiger partial charge in [0, 0.05) is 15.5 Å². The second-order valence-electron chi connectivity index (χ2n) is 3.23. The van der Waals surface area contributed by atoms with Crippen LogP contribution in [0.5, 0.6) is 0 Å². The number of nitrogens with two attached hydrogens (primary N) is 1. The van der Waals surface area contributed by atoms with E-state index in [9.17, 15) is 13.2 Å². The Bertz CT molecular complexity index is 551. The van der Waals surface area contributed by atoms with Crippen LogP contribution in [0.25, 0.3) is 10.9 Å². The first-order valence-electron chi connectivity index (χ1n) is 4.31. The standard InChI is InChI=1S/C10H6BrF3N2/c11-6-3-1-2-5-7(15)4-8(10(12,13)14)16-9(5)6/h1-4H,(H2,15,16). The summed E-state index contributed by atoms with van der Waals surface area (Å²) in [6.45, 7) is 0. The maximum atomic E-state index is 12.5. The monoisotopic (exact) mass is 290 g/mol. The molecule has 0 unspecified atom stereocenters. The van der Waals surface area contributed by atoms with Gasteiger partial charge in [0.2, 0.25) is 0 Å². The van der Waals surface area contributed by atoms with Crippen LogP contribution in [0, 0.1) is 0 Å². The number of benzene rings is 1. The molecule has 16 heavy (non-hydrogen) atoms. The molecule has 1 aromatic carbocycles. The SMILES string of the molecule is Nc1cc(C(F)(F)F)nc2c(Br)cccc12. The predicted octanol–water partition coefficient (Wildman–Crippen LogP) is 3.60. The van der Waals surface area contributed by atoms with Gasteiger partial charge in [0.1, 0.15) is 5.69 Å². The Balaban J connectivity index is 2.81. The van der Waals surface area contributed by atoms with Gasteiger partial charge >= 0.3 is 6.18 Å². The molecular weight excluding hydrogens is 285 g/mol. The summed E-state index contributed by atoms with van der Waals surface area (Å²) in [6, 6.07) is 5.78. The van der Waals surface area contributed by atoms with E-state index in [0.29, 0.717) is 9.86 Å². The molecule has 6 heteroatoms. The van der Waals surface area contributed by atoms with E-state index in [0.717, 1.165) is 6.07 Å². The van der Waals surface area contributed by atoms with Crippen LogP contribution in [0.2, 0.25) is 0 Å². The minimum atomic E-state index is -4.49. The quantitative estimate of drug-likeness (QED) is 0.805. The number of nitrogen functional groups attached to an aromatic ring is 1. The van der Waals surface area contributed by atoms with E-state index in [-0.39, 0.29) is 11.2 Å². The van der Waals surface area contributed by atoms with Crippen molar-refractivity contribution in [1.82, 2.24) is 4.98 Å². The number of rotatable bonds is 0. The Morgan fingerprint density at radius 1 is 1.25 bits per heavy atom. The van der Waals surface area contributed by atoms with Gasteiger partial charge in [-0.1, -0.05) is 12.1 Å². The summed E-state index contributed by atoms with van der Waals surface area (Å²) in [7, 11) is 0. The Morgan fingerprint density at radius 3 is 2.56 bits per heavy atom. The van der Waals surface area contributed by atoms with Gasteiger partial charge in [-0.15, -0.1) is 0 Å². The molecule has 0 spiro atoms. The van der Waals surface area contributed by atoms with Crippen LogP contribution >= 0.6 is 15.9 Å². The Labute approximate surface area is 97.4 Å². The van der Waals surface area contributed by atoms with Crippen LogP contribution in [0.4, 0.5) is 18.9 Å². The van der Waals surface area contributed by atoms with Crippen LogP contribution in [0.1, 0.15) is 5.69 Å². The average Bonchev–Trinajstić information content (AvgIpc) is 2.18. The number of hydrogen-bond acceptors (Lipinski definition) is 2. The second kappa shape index (κ2) is 3.62. The molecule has 0 aliphatic carbocycles. The average molecular weight is 291 g/mol. The van der Waals surface area contributed by atoms with E-state index >= 15 is 0 Å². The lowest BCUT2D eigenvalue weighted by Crippen LogP contribution is -2.09. The van der Waals surface area contributed by atoms with Gasteiger partial charge in [-0.2, -0.15) is 13.2 Å². The number of nitrogens with zero attached hydrogens (tertiary/aromatic N) is 1. The van der Waals surface area contributed by atoms with E-state index in [1.807, 2.05) is 0 Å². The molecule has 2 N–H and O–H groups in total. The Morgan fingerprint density at radius 2 is 1.94 bits per heavy atom. The summed E-state index contributed by atoms with van der Waals surface area (Å²) >= 11 is 3.15. The van der Waals surface area contributed by atoms with E-state index in [4.69, 9.17) is 5.73 Å². The Kier molecular flexibility index (Phi) is 2.53. The molecule has 2 aromatic rings. The fourth-order valence-corrected chi connectivity index (χ4v) is 1.84. The lowest BCUT2D eigenvalue weighted by Gasteiger charge is -2.09. The largest absolute Gasteiger partial charge is 0.433 e. The molecule has 84 valence electrons. The van der Waals surface area contributed by atoms with Crippen molar-refractivity contribution in [3.63, 3.8) is 0 Å². The molecule has 2 rings (SSSR count). The van der Waals surface area contributed by atoms with Gasteiger partial charge in [-0.05, 0) is 28.1 Å². The minimum absolute atomic E-state index is 0.0682. The van der Waals surface area contributed by atoms with Gasteiger partial charge in [0.15, 0.2) is 0 Å². The van der Waals surface area contributed by atoms with Crippen molar-refractivity contribution in [1.29, 1.82) is 0 Å². The highest BCUT2D eigenvalue weighted by atomic mass is 79.9. The van der Waals surface area contributed by atoms with Crippen LogP contribution in [-0.2, 0) is 6.18 Å². The maximum Gasteiger partial charge on any atom is 0.433 e. The summed E-state index contributed by atoms with van der Waals surface area (Å²) in [6.07, 6.45) is -4.49. The fourth-order valence-electron chi connectivity index (χ4n) is 1.38. The Hall–Kier alpha value is -1.30. The molecular formula is C10H6BrF3N2. The van der Waals surface area contributed by atoms with Crippen LogP contribution in [0.15, 0.2) is 28.7 Å². The van der Waals surface area contributed by atoms with Crippen LogP contribution in [-0.4, -0.2) is 4.98 Å². The van der Waals surface area contributed by atoms with E-state index < -0.39 is 11.9 Å². The molecule has 0 saturated heterocycles. The maximum absolute atomic E-state index is 12.5. The number of hydrogen-bond donors (Lipinski definition) is 1. The molecule has 0 amide bonds. The summed E-state index contributed by atoms with van der Waals surface area (Å²) in [5, 5.41) is 0.502. The van der Waals surface area contributed by atoms with Crippen molar-refractivity contribution >= 4 is 32.5 Å². The summed E-state index contributed by atoms with van der Waals surface area (Å²) < 4.78 is 38.0. The highest BCUT2D eigenvalue weighted by Crippen LogP contribution is 2.33.